The molecule has 2 amide bonds. The Labute approximate surface area is 214 Å². The van der Waals surface area contributed by atoms with Gasteiger partial charge >= 0.3 is 0 Å². The fraction of sp³-hybridized carbons (Fsp3) is 0.481. The lowest BCUT2D eigenvalue weighted by Crippen LogP contribution is -2.48. The molecule has 9 heteroatoms. The fourth-order valence-electron chi connectivity index (χ4n) is 3.73. The summed E-state index contributed by atoms with van der Waals surface area (Å²) < 4.78 is 40.6. The van der Waals surface area contributed by atoms with Crippen LogP contribution >= 0.6 is 0 Å². The number of rotatable bonds is 12. The molecule has 36 heavy (non-hydrogen) atoms. The molecule has 0 heterocycles. The van der Waals surface area contributed by atoms with Gasteiger partial charge in [-0.3, -0.25) is 13.9 Å². The highest BCUT2D eigenvalue weighted by Crippen LogP contribution is 2.22. The number of nitrogens with one attached hydrogen (secondary N) is 1. The second-order valence-electron chi connectivity index (χ2n) is 9.64. The minimum atomic E-state index is -3.57. The van der Waals surface area contributed by atoms with Crippen LogP contribution in [0.3, 0.4) is 0 Å². The zero-order valence-corrected chi connectivity index (χ0v) is 22.9. The maximum absolute atomic E-state index is 14.4. The van der Waals surface area contributed by atoms with Crippen LogP contribution in [0.15, 0.2) is 42.5 Å². The minimum absolute atomic E-state index is 0.00706. The van der Waals surface area contributed by atoms with Crippen molar-refractivity contribution in [2.45, 2.75) is 60.0 Å². The van der Waals surface area contributed by atoms with E-state index in [9.17, 15) is 22.4 Å². The summed E-state index contributed by atoms with van der Waals surface area (Å²) in [6, 6.07) is 10.7. The fourth-order valence-corrected chi connectivity index (χ4v) is 4.69. The van der Waals surface area contributed by atoms with Crippen LogP contribution in [0.1, 0.15) is 50.3 Å². The number of halogens is 1. The van der Waals surface area contributed by atoms with Gasteiger partial charge in [0.2, 0.25) is 21.8 Å². The van der Waals surface area contributed by atoms with Gasteiger partial charge in [-0.25, -0.2) is 12.8 Å². The molecule has 1 unspecified atom stereocenters. The first-order chi connectivity index (χ1) is 16.8. The quantitative estimate of drug-likeness (QED) is 0.456. The third kappa shape index (κ3) is 8.33. The molecule has 1 N–H and O–H groups in total. The monoisotopic (exact) mass is 519 g/mol. The van der Waals surface area contributed by atoms with Crippen LogP contribution in [0.2, 0.25) is 0 Å². The second-order valence-corrected chi connectivity index (χ2v) is 11.5. The molecule has 0 aliphatic heterocycles. The molecular formula is C27H38FN3O4S. The summed E-state index contributed by atoms with van der Waals surface area (Å²) in [7, 11) is -3.57. The van der Waals surface area contributed by atoms with Gasteiger partial charge in [0.15, 0.2) is 0 Å². The molecule has 0 bridgehead atoms. The van der Waals surface area contributed by atoms with Crippen molar-refractivity contribution in [1.82, 2.24) is 10.2 Å². The molecule has 0 saturated carbocycles. The van der Waals surface area contributed by atoms with Crippen molar-refractivity contribution >= 4 is 27.5 Å². The first-order valence-electron chi connectivity index (χ1n) is 12.2. The minimum Gasteiger partial charge on any atom is -0.354 e. The van der Waals surface area contributed by atoms with E-state index in [2.05, 4.69) is 5.32 Å². The Bertz CT molecular complexity index is 1170. The van der Waals surface area contributed by atoms with Crippen molar-refractivity contribution in [2.24, 2.45) is 5.92 Å². The molecule has 0 aromatic heterocycles. The van der Waals surface area contributed by atoms with Gasteiger partial charge in [0.1, 0.15) is 11.9 Å². The number of aryl methyl sites for hydroxylation is 2. The number of carbonyl (C=O) groups is 2. The number of nitrogens with zero attached hydrogens (tertiary/aromatic N) is 2. The van der Waals surface area contributed by atoms with E-state index >= 15 is 0 Å². The van der Waals surface area contributed by atoms with Crippen molar-refractivity contribution in [3.8, 4) is 0 Å². The predicted molar refractivity (Wildman–Crippen MR) is 142 cm³/mol. The van der Waals surface area contributed by atoms with E-state index < -0.39 is 21.9 Å². The highest BCUT2D eigenvalue weighted by Gasteiger charge is 2.27. The average molecular weight is 520 g/mol. The lowest BCUT2D eigenvalue weighted by molar-refractivity contribution is -0.140. The number of hydrogen-bond acceptors (Lipinski definition) is 4. The van der Waals surface area contributed by atoms with Crippen molar-refractivity contribution in [1.29, 1.82) is 0 Å². The van der Waals surface area contributed by atoms with Crippen molar-refractivity contribution in [3.05, 3.63) is 65.0 Å². The third-order valence-electron chi connectivity index (χ3n) is 6.08. The summed E-state index contributed by atoms with van der Waals surface area (Å²) in [4.78, 5) is 27.4. The Morgan fingerprint density at radius 1 is 1.03 bits per heavy atom. The summed E-state index contributed by atoms with van der Waals surface area (Å²) in [6.45, 7) is 9.92. The zero-order chi connectivity index (χ0) is 27.0. The second kappa shape index (κ2) is 12.9. The van der Waals surface area contributed by atoms with E-state index in [4.69, 9.17) is 0 Å². The molecule has 0 fully saturated rings. The smallest absolute Gasteiger partial charge is 0.242 e. The maximum Gasteiger partial charge on any atom is 0.242 e. The van der Waals surface area contributed by atoms with Gasteiger partial charge in [0, 0.05) is 31.6 Å². The van der Waals surface area contributed by atoms with Gasteiger partial charge in [-0.05, 0) is 62.4 Å². The standard InChI is InChI=1S/C27H38FN3O4S/c1-19(2)17-29-27(33)22(5)30(18-23-10-7-8-11-25(23)28)26(32)12-9-15-31(36(6,34)35)24-14-13-20(3)21(4)16-24/h7-8,10-11,13-14,16,19,22H,9,12,15,17-18H2,1-6H3,(H,29,33). The lowest BCUT2D eigenvalue weighted by atomic mass is 10.1. The number of anilines is 1. The Balaban J connectivity index is 2.19. The molecule has 0 aliphatic carbocycles. The summed E-state index contributed by atoms with van der Waals surface area (Å²) >= 11 is 0. The average Bonchev–Trinajstić information content (AvgIpc) is 2.80. The van der Waals surface area contributed by atoms with Crippen LogP contribution in [-0.2, 0) is 26.2 Å². The van der Waals surface area contributed by atoms with Gasteiger partial charge in [-0.15, -0.1) is 0 Å². The first kappa shape index (κ1) is 29.3. The van der Waals surface area contributed by atoms with Crippen molar-refractivity contribution in [3.63, 3.8) is 0 Å². The van der Waals surface area contributed by atoms with E-state index in [1.54, 1.807) is 31.2 Å². The molecule has 0 aliphatic rings. The highest BCUT2D eigenvalue weighted by molar-refractivity contribution is 7.92. The first-order valence-corrected chi connectivity index (χ1v) is 14.0. The normalized spacial score (nSPS) is 12.3. The SMILES string of the molecule is Cc1ccc(N(CCCC(=O)N(Cc2ccccc2F)C(C)C(=O)NCC(C)C)S(C)(=O)=O)cc1C. The Morgan fingerprint density at radius 3 is 2.28 bits per heavy atom. The largest absolute Gasteiger partial charge is 0.354 e. The van der Waals surface area contributed by atoms with Gasteiger partial charge in [0.05, 0.1) is 11.9 Å². The van der Waals surface area contributed by atoms with Crippen LogP contribution in [-0.4, -0.2) is 50.5 Å². The van der Waals surface area contributed by atoms with Gasteiger partial charge in [-0.1, -0.05) is 38.1 Å². The molecule has 2 aromatic carbocycles. The molecule has 2 aromatic rings. The molecule has 0 saturated heterocycles. The summed E-state index contributed by atoms with van der Waals surface area (Å²) in [5.74, 6) is -0.882. The van der Waals surface area contributed by atoms with Crippen LogP contribution in [0.5, 0.6) is 0 Å². The van der Waals surface area contributed by atoms with Crippen LogP contribution in [0.4, 0.5) is 10.1 Å². The number of benzene rings is 2. The number of hydrogen-bond donors (Lipinski definition) is 1. The number of amides is 2. The van der Waals surface area contributed by atoms with E-state index in [-0.39, 0.29) is 43.7 Å². The number of sulfonamides is 1. The summed E-state index contributed by atoms with van der Waals surface area (Å²) in [5, 5.41) is 2.83. The topological polar surface area (TPSA) is 86.8 Å². The molecule has 0 spiro atoms. The zero-order valence-electron chi connectivity index (χ0n) is 22.0. The molecule has 7 nitrogen and oxygen atoms in total. The van der Waals surface area contributed by atoms with Crippen LogP contribution in [0.25, 0.3) is 0 Å². The Kier molecular flexibility index (Phi) is 10.5. The van der Waals surface area contributed by atoms with Crippen molar-refractivity contribution in [2.75, 3.05) is 23.7 Å². The number of carbonyl (C=O) groups excluding carboxylic acids is 2. The highest BCUT2D eigenvalue weighted by atomic mass is 32.2. The van der Waals surface area contributed by atoms with E-state index in [1.165, 1.54) is 15.3 Å². The molecule has 1 atom stereocenters. The predicted octanol–water partition coefficient (Wildman–Crippen LogP) is 4.18. The van der Waals surface area contributed by atoms with E-state index in [1.807, 2.05) is 39.8 Å². The molecule has 2 rings (SSSR count). The van der Waals surface area contributed by atoms with Gasteiger partial charge < -0.3 is 10.2 Å². The third-order valence-corrected chi connectivity index (χ3v) is 7.28. The van der Waals surface area contributed by atoms with Crippen LogP contribution < -0.4 is 9.62 Å². The lowest BCUT2D eigenvalue weighted by Gasteiger charge is -2.30. The Hall–Kier alpha value is -2.94. The summed E-state index contributed by atoms with van der Waals surface area (Å²) in [6.07, 6.45) is 1.38. The van der Waals surface area contributed by atoms with Crippen LogP contribution in [0, 0.1) is 25.6 Å². The Morgan fingerprint density at radius 2 is 1.69 bits per heavy atom. The molecule has 198 valence electrons. The maximum atomic E-state index is 14.4. The van der Waals surface area contributed by atoms with Gasteiger partial charge in [-0.2, -0.15) is 0 Å². The van der Waals surface area contributed by atoms with E-state index in [0.717, 1.165) is 17.4 Å². The molecule has 0 radical (unpaired) electrons. The van der Waals surface area contributed by atoms with Crippen molar-refractivity contribution < 1.29 is 22.4 Å². The summed E-state index contributed by atoms with van der Waals surface area (Å²) in [5.41, 5.74) is 2.87. The van der Waals surface area contributed by atoms with Gasteiger partial charge in [0.25, 0.3) is 0 Å². The van der Waals surface area contributed by atoms with E-state index in [0.29, 0.717) is 17.8 Å². The molecular weight excluding hydrogens is 481 g/mol.